The van der Waals surface area contributed by atoms with Gasteiger partial charge in [-0.3, -0.25) is 4.39 Å². The third-order valence-corrected chi connectivity index (χ3v) is 2.88. The van der Waals surface area contributed by atoms with E-state index in [-0.39, 0.29) is 18.4 Å². The lowest BCUT2D eigenvalue weighted by Gasteiger charge is -2.44. The number of carbonyl (C=O) groups excluding carboxylic acids is 1. The number of carbonyl (C=O) groups is 1. The number of rotatable bonds is 4. The summed E-state index contributed by atoms with van der Waals surface area (Å²) in [4.78, 5) is 13.1. The van der Waals surface area contributed by atoms with Crippen molar-refractivity contribution in [1.29, 1.82) is 0 Å². The second-order valence-corrected chi connectivity index (χ2v) is 4.70. The summed E-state index contributed by atoms with van der Waals surface area (Å²) in [7, 11) is 0. The minimum atomic E-state index is -0.480. The van der Waals surface area contributed by atoms with E-state index >= 15 is 0 Å². The molecule has 2 heterocycles. The molecule has 1 aromatic rings. The normalized spacial score (nSPS) is 17.4. The first-order chi connectivity index (χ1) is 8.55. The Kier molecular flexibility index (Phi) is 3.49. The Morgan fingerprint density at radius 3 is 2.83 bits per heavy atom. The third-order valence-electron chi connectivity index (χ3n) is 2.88. The summed E-state index contributed by atoms with van der Waals surface area (Å²) in [5.41, 5.74) is -0.305. The van der Waals surface area contributed by atoms with Gasteiger partial charge in [0.2, 0.25) is 11.8 Å². The van der Waals surface area contributed by atoms with Crippen molar-refractivity contribution in [2.24, 2.45) is 0 Å². The molecule has 1 aliphatic rings. The van der Waals surface area contributed by atoms with E-state index in [0.717, 1.165) is 0 Å². The summed E-state index contributed by atoms with van der Waals surface area (Å²) in [5.74, 6) is 1.04. The molecule has 18 heavy (non-hydrogen) atoms. The first-order valence-corrected chi connectivity index (χ1v) is 5.83. The summed E-state index contributed by atoms with van der Waals surface area (Å²) in [5, 5.41) is 7.74. The lowest BCUT2D eigenvalue weighted by atomic mass is 9.82. The number of aromatic nitrogens is 2. The smallest absolute Gasteiger partial charge is 0.409 e. The highest BCUT2D eigenvalue weighted by molar-refractivity contribution is 5.69. The fourth-order valence-electron chi connectivity index (χ4n) is 1.91. The van der Waals surface area contributed by atoms with Crippen LogP contribution in [-0.2, 0) is 10.2 Å². The van der Waals surface area contributed by atoms with Gasteiger partial charge >= 0.3 is 6.09 Å². The highest BCUT2D eigenvalue weighted by atomic mass is 19.1. The van der Waals surface area contributed by atoms with E-state index in [9.17, 15) is 9.18 Å². The molecule has 0 N–H and O–H groups in total. The highest BCUT2D eigenvalue weighted by Gasteiger charge is 2.47. The monoisotopic (exact) mass is 257 g/mol. The molecule has 1 saturated heterocycles. The molecule has 0 radical (unpaired) electrons. The fourth-order valence-corrected chi connectivity index (χ4v) is 1.91. The molecule has 0 saturated carbocycles. The van der Waals surface area contributed by atoms with Crippen LogP contribution in [0.15, 0.2) is 4.42 Å². The maximum atomic E-state index is 11.9. The molecule has 0 aromatic carbocycles. The molecule has 0 bridgehead atoms. The van der Waals surface area contributed by atoms with E-state index in [1.54, 1.807) is 6.92 Å². The van der Waals surface area contributed by atoms with Gasteiger partial charge < -0.3 is 14.1 Å². The van der Waals surface area contributed by atoms with Crippen LogP contribution in [0.4, 0.5) is 9.18 Å². The van der Waals surface area contributed by atoms with E-state index in [1.165, 1.54) is 4.90 Å². The zero-order chi connectivity index (χ0) is 13.2. The number of aryl methyl sites for hydroxylation is 1. The number of likely N-dealkylation sites (tertiary alicyclic amines) is 1. The second kappa shape index (κ2) is 4.91. The topological polar surface area (TPSA) is 68.5 Å². The SMILES string of the molecule is Cc1nnc(C2(C)CN(C(=O)OCCCF)C2)o1. The molecule has 0 aliphatic carbocycles. The first kappa shape index (κ1) is 12.8. The van der Waals surface area contributed by atoms with Gasteiger partial charge in [-0.05, 0) is 6.92 Å². The molecule has 100 valence electrons. The van der Waals surface area contributed by atoms with Gasteiger partial charge in [0.15, 0.2) is 0 Å². The van der Waals surface area contributed by atoms with Crippen molar-refractivity contribution < 1.29 is 18.3 Å². The predicted octanol–water partition coefficient (Wildman–Crippen LogP) is 1.45. The summed E-state index contributed by atoms with van der Waals surface area (Å²) in [6.07, 6.45) is -0.183. The minimum Gasteiger partial charge on any atom is -0.449 e. The summed E-state index contributed by atoms with van der Waals surface area (Å²) in [6, 6.07) is 0. The van der Waals surface area contributed by atoms with Crippen LogP contribution in [0.2, 0.25) is 0 Å². The molecule has 6 nitrogen and oxygen atoms in total. The molecule has 7 heteroatoms. The highest BCUT2D eigenvalue weighted by Crippen LogP contribution is 2.33. The molecule has 1 aromatic heterocycles. The fraction of sp³-hybridized carbons (Fsp3) is 0.727. The van der Waals surface area contributed by atoms with Crippen LogP contribution in [0.1, 0.15) is 25.1 Å². The number of alkyl halides is 1. The van der Waals surface area contributed by atoms with Crippen molar-refractivity contribution in [2.45, 2.75) is 25.7 Å². The van der Waals surface area contributed by atoms with Crippen LogP contribution in [0.25, 0.3) is 0 Å². The summed E-state index contributed by atoms with van der Waals surface area (Å²) >= 11 is 0. The molecule has 0 spiro atoms. The average Bonchev–Trinajstić information content (AvgIpc) is 2.72. The van der Waals surface area contributed by atoms with Gasteiger partial charge in [0.1, 0.15) is 0 Å². The Morgan fingerprint density at radius 1 is 1.56 bits per heavy atom. The Labute approximate surface area is 104 Å². The van der Waals surface area contributed by atoms with Crippen molar-refractivity contribution in [1.82, 2.24) is 15.1 Å². The van der Waals surface area contributed by atoms with Gasteiger partial charge in [-0.1, -0.05) is 0 Å². The quantitative estimate of drug-likeness (QED) is 0.763. The van der Waals surface area contributed by atoms with Gasteiger partial charge in [-0.25, -0.2) is 4.79 Å². The van der Waals surface area contributed by atoms with Gasteiger partial charge in [-0.15, -0.1) is 10.2 Å². The van der Waals surface area contributed by atoms with Gasteiger partial charge in [0.05, 0.1) is 18.7 Å². The zero-order valence-corrected chi connectivity index (χ0v) is 10.5. The van der Waals surface area contributed by atoms with Crippen LogP contribution >= 0.6 is 0 Å². The Morgan fingerprint density at radius 2 is 2.28 bits per heavy atom. The maximum absolute atomic E-state index is 11.9. The van der Waals surface area contributed by atoms with Crippen LogP contribution < -0.4 is 0 Å². The summed E-state index contributed by atoms with van der Waals surface area (Å²) < 4.78 is 22.1. The Bertz CT molecular complexity index is 429. The Balaban J connectivity index is 1.84. The van der Waals surface area contributed by atoms with E-state index in [4.69, 9.17) is 9.15 Å². The van der Waals surface area contributed by atoms with E-state index in [1.807, 2.05) is 6.92 Å². The Hall–Kier alpha value is -1.66. The maximum Gasteiger partial charge on any atom is 0.409 e. The van der Waals surface area contributed by atoms with Crippen LogP contribution in [0, 0.1) is 6.92 Å². The number of hydrogen-bond donors (Lipinski definition) is 0. The molecule has 1 amide bonds. The standard InChI is InChI=1S/C11H16FN3O3/c1-8-13-14-9(18-8)11(2)6-15(7-11)10(16)17-5-3-4-12/h3-7H2,1-2H3. The molecular formula is C11H16FN3O3. The van der Waals surface area contributed by atoms with Crippen molar-refractivity contribution in [3.8, 4) is 0 Å². The molecular weight excluding hydrogens is 241 g/mol. The summed E-state index contributed by atoms with van der Waals surface area (Å²) in [6.45, 7) is 4.26. The molecule has 1 aliphatic heterocycles. The van der Waals surface area contributed by atoms with E-state index < -0.39 is 12.8 Å². The van der Waals surface area contributed by atoms with Gasteiger partial charge in [0, 0.05) is 26.4 Å². The number of amides is 1. The van der Waals surface area contributed by atoms with Crippen molar-refractivity contribution in [3.05, 3.63) is 11.8 Å². The predicted molar refractivity (Wildman–Crippen MR) is 59.9 cm³/mol. The van der Waals surface area contributed by atoms with Crippen molar-refractivity contribution in [3.63, 3.8) is 0 Å². The number of ether oxygens (including phenoxy) is 1. The van der Waals surface area contributed by atoms with E-state index in [0.29, 0.717) is 24.9 Å². The zero-order valence-electron chi connectivity index (χ0n) is 10.5. The third kappa shape index (κ3) is 2.44. The average molecular weight is 257 g/mol. The lowest BCUT2D eigenvalue weighted by molar-refractivity contribution is 0.0324. The molecule has 0 unspecified atom stereocenters. The van der Waals surface area contributed by atoms with Crippen LogP contribution in [0.5, 0.6) is 0 Å². The number of hydrogen-bond acceptors (Lipinski definition) is 5. The molecule has 0 atom stereocenters. The number of halogens is 1. The largest absolute Gasteiger partial charge is 0.449 e. The molecule has 1 fully saturated rings. The second-order valence-electron chi connectivity index (χ2n) is 4.70. The van der Waals surface area contributed by atoms with Crippen molar-refractivity contribution >= 4 is 6.09 Å². The van der Waals surface area contributed by atoms with Crippen molar-refractivity contribution in [2.75, 3.05) is 26.4 Å². The minimum absolute atomic E-state index is 0.113. The number of nitrogens with zero attached hydrogens (tertiary/aromatic N) is 3. The van der Waals surface area contributed by atoms with Gasteiger partial charge in [-0.2, -0.15) is 0 Å². The molecule has 2 rings (SSSR count). The van der Waals surface area contributed by atoms with Crippen LogP contribution in [0.3, 0.4) is 0 Å². The lowest BCUT2D eigenvalue weighted by Crippen LogP contribution is -2.59. The van der Waals surface area contributed by atoms with Crippen LogP contribution in [-0.4, -0.2) is 47.6 Å². The van der Waals surface area contributed by atoms with Gasteiger partial charge in [0.25, 0.3) is 0 Å². The first-order valence-electron chi connectivity index (χ1n) is 5.83. The van der Waals surface area contributed by atoms with E-state index in [2.05, 4.69) is 10.2 Å².